The van der Waals surface area contributed by atoms with Gasteiger partial charge < -0.3 is 4.42 Å². The van der Waals surface area contributed by atoms with Crippen molar-refractivity contribution in [3.63, 3.8) is 0 Å². The van der Waals surface area contributed by atoms with E-state index >= 15 is 0 Å². The lowest BCUT2D eigenvalue weighted by Crippen LogP contribution is -1.81. The molecule has 2 fully saturated rings. The van der Waals surface area contributed by atoms with E-state index in [1.54, 1.807) is 0 Å². The van der Waals surface area contributed by atoms with Gasteiger partial charge in [0.2, 0.25) is 0 Å². The molecule has 0 saturated heterocycles. The quantitative estimate of drug-likeness (QED) is 0.693. The van der Waals surface area contributed by atoms with Gasteiger partial charge in [0.05, 0.1) is 0 Å². The first-order valence-electron chi connectivity index (χ1n) is 5.45. The molecule has 0 bridgehead atoms. The Labute approximate surface area is 89.4 Å². The molecular weight excluding hydrogens is 196 g/mol. The van der Waals surface area contributed by atoms with Crippen LogP contribution in [-0.4, -0.2) is 5.88 Å². The third-order valence-electron chi connectivity index (χ3n) is 3.61. The summed E-state index contributed by atoms with van der Waals surface area (Å²) in [5.41, 5.74) is 0. The minimum Gasteiger partial charge on any atom is -0.465 e. The van der Waals surface area contributed by atoms with Crippen LogP contribution in [0.5, 0.6) is 0 Å². The van der Waals surface area contributed by atoms with Crippen LogP contribution in [0.4, 0.5) is 0 Å². The summed E-state index contributed by atoms with van der Waals surface area (Å²) in [5, 5.41) is 0. The Bertz CT molecular complexity index is 344. The van der Waals surface area contributed by atoms with E-state index in [0.717, 1.165) is 11.8 Å². The van der Waals surface area contributed by atoms with E-state index in [1.807, 2.05) is 0 Å². The van der Waals surface area contributed by atoms with E-state index < -0.39 is 0 Å². The Hall–Kier alpha value is -0.430. The fourth-order valence-corrected chi connectivity index (χ4v) is 2.59. The molecule has 3 rings (SSSR count). The SMILES string of the molecule is CC1CC1c1ccc(C2CC2CCl)o1. The highest BCUT2D eigenvalue weighted by Crippen LogP contribution is 2.52. The molecule has 1 aromatic heterocycles. The Balaban J connectivity index is 1.72. The van der Waals surface area contributed by atoms with Crippen LogP contribution < -0.4 is 0 Å². The zero-order valence-electron chi connectivity index (χ0n) is 8.37. The van der Waals surface area contributed by atoms with Crippen LogP contribution >= 0.6 is 11.6 Å². The third kappa shape index (κ3) is 1.38. The summed E-state index contributed by atoms with van der Waals surface area (Å²) < 4.78 is 5.88. The molecule has 1 heterocycles. The molecule has 0 aliphatic heterocycles. The number of halogens is 1. The summed E-state index contributed by atoms with van der Waals surface area (Å²) in [6.07, 6.45) is 2.52. The predicted octanol–water partition coefficient (Wildman–Crippen LogP) is 3.75. The number of hydrogen-bond donors (Lipinski definition) is 0. The summed E-state index contributed by atoms with van der Waals surface area (Å²) in [5.74, 6) is 5.98. The van der Waals surface area contributed by atoms with E-state index in [2.05, 4.69) is 19.1 Å². The zero-order chi connectivity index (χ0) is 9.71. The van der Waals surface area contributed by atoms with Gasteiger partial charge in [0.25, 0.3) is 0 Å². The lowest BCUT2D eigenvalue weighted by molar-refractivity contribution is 0.459. The van der Waals surface area contributed by atoms with Crippen molar-refractivity contribution in [2.24, 2.45) is 11.8 Å². The molecule has 1 nitrogen and oxygen atoms in total. The lowest BCUT2D eigenvalue weighted by Gasteiger charge is -1.93. The molecule has 0 amide bonds. The molecule has 4 atom stereocenters. The van der Waals surface area contributed by atoms with Crippen molar-refractivity contribution in [1.82, 2.24) is 0 Å². The topological polar surface area (TPSA) is 13.1 Å². The van der Waals surface area contributed by atoms with Crippen LogP contribution in [0, 0.1) is 11.8 Å². The average molecular weight is 211 g/mol. The van der Waals surface area contributed by atoms with Crippen LogP contribution in [-0.2, 0) is 0 Å². The van der Waals surface area contributed by atoms with Gasteiger partial charge in [0.15, 0.2) is 0 Å². The minimum atomic E-state index is 0.621. The molecule has 0 aromatic carbocycles. The molecule has 4 unspecified atom stereocenters. The second kappa shape index (κ2) is 3.03. The molecule has 2 aliphatic carbocycles. The largest absolute Gasteiger partial charge is 0.465 e. The van der Waals surface area contributed by atoms with Crippen molar-refractivity contribution in [2.75, 3.05) is 5.88 Å². The Morgan fingerprint density at radius 1 is 1.29 bits per heavy atom. The van der Waals surface area contributed by atoms with Gasteiger partial charge in [-0.2, -0.15) is 0 Å². The van der Waals surface area contributed by atoms with Gasteiger partial charge in [-0.1, -0.05) is 6.92 Å². The molecule has 0 spiro atoms. The summed E-state index contributed by atoms with van der Waals surface area (Å²) in [6, 6.07) is 4.31. The molecule has 2 saturated carbocycles. The van der Waals surface area contributed by atoms with Gasteiger partial charge in [-0.25, -0.2) is 0 Å². The first-order valence-corrected chi connectivity index (χ1v) is 5.98. The van der Waals surface area contributed by atoms with Crippen LogP contribution in [0.15, 0.2) is 16.5 Å². The molecule has 0 N–H and O–H groups in total. The average Bonchev–Trinajstić information content (AvgIpc) is 3.07. The smallest absolute Gasteiger partial charge is 0.107 e. The monoisotopic (exact) mass is 210 g/mol. The zero-order valence-corrected chi connectivity index (χ0v) is 9.13. The van der Waals surface area contributed by atoms with Gasteiger partial charge in [-0.15, -0.1) is 11.6 Å². The fourth-order valence-electron chi connectivity index (χ4n) is 2.25. The maximum atomic E-state index is 5.88. The normalized spacial score (nSPS) is 39.9. The molecule has 2 heteroatoms. The van der Waals surface area contributed by atoms with Crippen LogP contribution in [0.2, 0.25) is 0 Å². The third-order valence-corrected chi connectivity index (χ3v) is 4.01. The second-order valence-electron chi connectivity index (χ2n) is 4.82. The van der Waals surface area contributed by atoms with Gasteiger partial charge in [0.1, 0.15) is 11.5 Å². The van der Waals surface area contributed by atoms with Crippen LogP contribution in [0.3, 0.4) is 0 Å². The number of hydrogen-bond acceptors (Lipinski definition) is 1. The molecular formula is C12H15ClO. The van der Waals surface area contributed by atoms with Gasteiger partial charge >= 0.3 is 0 Å². The second-order valence-corrected chi connectivity index (χ2v) is 5.12. The van der Waals surface area contributed by atoms with Crippen molar-refractivity contribution in [1.29, 1.82) is 0 Å². The Morgan fingerprint density at radius 3 is 2.43 bits per heavy atom. The molecule has 0 radical (unpaired) electrons. The molecule has 1 aromatic rings. The summed E-state index contributed by atoms with van der Waals surface area (Å²) in [6.45, 7) is 2.28. The van der Waals surface area contributed by atoms with Crippen molar-refractivity contribution < 1.29 is 4.42 Å². The number of furan rings is 1. The molecule has 14 heavy (non-hydrogen) atoms. The Morgan fingerprint density at radius 2 is 1.93 bits per heavy atom. The van der Waals surface area contributed by atoms with Crippen molar-refractivity contribution >= 4 is 11.6 Å². The highest BCUT2D eigenvalue weighted by Gasteiger charge is 2.42. The van der Waals surface area contributed by atoms with Gasteiger partial charge in [0, 0.05) is 17.7 Å². The van der Waals surface area contributed by atoms with Crippen LogP contribution in [0.1, 0.15) is 43.1 Å². The van der Waals surface area contributed by atoms with E-state index in [1.165, 1.54) is 24.4 Å². The first-order chi connectivity index (χ1) is 6.79. The van der Waals surface area contributed by atoms with E-state index in [0.29, 0.717) is 17.8 Å². The number of alkyl halides is 1. The van der Waals surface area contributed by atoms with Gasteiger partial charge in [-0.05, 0) is 36.8 Å². The van der Waals surface area contributed by atoms with E-state index in [4.69, 9.17) is 16.0 Å². The van der Waals surface area contributed by atoms with E-state index in [-0.39, 0.29) is 0 Å². The summed E-state index contributed by atoms with van der Waals surface area (Å²) in [7, 11) is 0. The fraction of sp³-hybridized carbons (Fsp3) is 0.667. The summed E-state index contributed by atoms with van der Waals surface area (Å²) in [4.78, 5) is 0. The highest BCUT2D eigenvalue weighted by molar-refractivity contribution is 6.18. The minimum absolute atomic E-state index is 0.621. The maximum absolute atomic E-state index is 5.88. The highest BCUT2D eigenvalue weighted by atomic mass is 35.5. The van der Waals surface area contributed by atoms with Crippen molar-refractivity contribution in [3.8, 4) is 0 Å². The molecule has 2 aliphatic rings. The standard InChI is InChI=1S/C12H15ClO/c1-7-4-9(7)11-2-3-12(14-11)10-5-8(10)6-13/h2-3,7-10H,4-6H2,1H3. The van der Waals surface area contributed by atoms with Crippen LogP contribution in [0.25, 0.3) is 0 Å². The van der Waals surface area contributed by atoms with Crippen molar-refractivity contribution in [2.45, 2.75) is 31.6 Å². The first kappa shape index (κ1) is 8.84. The van der Waals surface area contributed by atoms with Crippen molar-refractivity contribution in [3.05, 3.63) is 23.7 Å². The maximum Gasteiger partial charge on any atom is 0.107 e. The molecule has 76 valence electrons. The lowest BCUT2D eigenvalue weighted by atomic mass is 10.2. The van der Waals surface area contributed by atoms with Gasteiger partial charge in [-0.3, -0.25) is 0 Å². The van der Waals surface area contributed by atoms with E-state index in [9.17, 15) is 0 Å². The Kier molecular flexibility index (Phi) is 1.91. The number of rotatable bonds is 3. The predicted molar refractivity (Wildman–Crippen MR) is 56.8 cm³/mol. The summed E-state index contributed by atoms with van der Waals surface area (Å²) >= 11 is 5.81.